The van der Waals surface area contributed by atoms with Crippen LogP contribution in [0.5, 0.6) is 5.75 Å². The molecule has 3 rings (SSSR count). The number of carboxylic acids is 1. The molecule has 0 radical (unpaired) electrons. The smallest absolute Gasteiger partial charge is 0.326 e. The van der Waals surface area contributed by atoms with E-state index >= 15 is 0 Å². The first kappa shape index (κ1) is 30.2. The number of amides is 3. The van der Waals surface area contributed by atoms with Crippen LogP contribution in [0.25, 0.3) is 10.9 Å². The van der Waals surface area contributed by atoms with Gasteiger partial charge in [0.1, 0.15) is 23.9 Å². The molecule has 1 heterocycles. The number of aliphatic carboxylic acids is 1. The standard InChI is InChI=1S/C29H37N5O6/c1-16(2)12-25(29(39)40)34-28(38)24(13-18-8-10-20(35)11-9-18)33-26(36)17(3)32-27(37)22(30)14-19-15-31-23-7-5-4-6-21(19)23/h4-11,15-17,22,24-25,31,35H,12-14,30H2,1-3H3,(H,32,37)(H,33,36)(H,34,38)(H,39,40). The largest absolute Gasteiger partial charge is 0.508 e. The fourth-order valence-electron chi connectivity index (χ4n) is 4.36. The van der Waals surface area contributed by atoms with E-state index in [1.165, 1.54) is 19.1 Å². The summed E-state index contributed by atoms with van der Waals surface area (Å²) in [5.41, 5.74) is 8.56. The van der Waals surface area contributed by atoms with Crippen molar-refractivity contribution in [2.75, 3.05) is 0 Å². The zero-order valence-electron chi connectivity index (χ0n) is 22.8. The average Bonchev–Trinajstić information content (AvgIpc) is 3.31. The van der Waals surface area contributed by atoms with Crippen LogP contribution in [0.15, 0.2) is 54.7 Å². The number of H-pyrrole nitrogens is 1. The van der Waals surface area contributed by atoms with Gasteiger partial charge in [0.25, 0.3) is 0 Å². The molecule has 0 fully saturated rings. The van der Waals surface area contributed by atoms with Crippen LogP contribution >= 0.6 is 0 Å². The maximum Gasteiger partial charge on any atom is 0.326 e. The molecule has 40 heavy (non-hydrogen) atoms. The Morgan fingerprint density at radius 1 is 0.850 bits per heavy atom. The van der Waals surface area contributed by atoms with E-state index in [0.29, 0.717) is 5.56 Å². The summed E-state index contributed by atoms with van der Waals surface area (Å²) in [7, 11) is 0. The predicted molar refractivity (Wildman–Crippen MR) is 150 cm³/mol. The molecule has 4 unspecified atom stereocenters. The molecule has 3 amide bonds. The predicted octanol–water partition coefficient (Wildman–Crippen LogP) is 1.59. The number of aromatic amines is 1. The number of nitrogens with one attached hydrogen (secondary N) is 4. The molecule has 0 bridgehead atoms. The van der Waals surface area contributed by atoms with Crippen LogP contribution in [0.1, 0.15) is 38.3 Å². The molecule has 8 N–H and O–H groups in total. The lowest BCUT2D eigenvalue weighted by atomic mass is 10.0. The minimum atomic E-state index is -1.18. The number of phenolic OH excluding ortho intramolecular Hbond substituents is 1. The minimum absolute atomic E-state index is 0.00948. The van der Waals surface area contributed by atoms with E-state index in [1.807, 2.05) is 38.1 Å². The first-order valence-corrected chi connectivity index (χ1v) is 13.2. The number of rotatable bonds is 13. The highest BCUT2D eigenvalue weighted by molar-refractivity contribution is 5.94. The van der Waals surface area contributed by atoms with E-state index in [4.69, 9.17) is 5.73 Å². The number of hydrogen-bond donors (Lipinski definition) is 7. The second-order valence-electron chi connectivity index (χ2n) is 10.4. The van der Waals surface area contributed by atoms with Crippen molar-refractivity contribution >= 4 is 34.6 Å². The maximum absolute atomic E-state index is 13.1. The summed E-state index contributed by atoms with van der Waals surface area (Å²) in [4.78, 5) is 53.8. The zero-order valence-corrected chi connectivity index (χ0v) is 22.8. The van der Waals surface area contributed by atoms with Crippen LogP contribution in [-0.2, 0) is 32.0 Å². The van der Waals surface area contributed by atoms with E-state index < -0.39 is 47.9 Å². The number of carboxylic acid groups (broad SMARTS) is 1. The van der Waals surface area contributed by atoms with E-state index in [1.54, 1.807) is 18.3 Å². The van der Waals surface area contributed by atoms with Crippen LogP contribution in [0.2, 0.25) is 0 Å². The molecule has 214 valence electrons. The van der Waals surface area contributed by atoms with Gasteiger partial charge >= 0.3 is 5.97 Å². The lowest BCUT2D eigenvalue weighted by Crippen LogP contribution is -2.57. The first-order chi connectivity index (χ1) is 18.9. The molecule has 0 aliphatic carbocycles. The quantitative estimate of drug-likeness (QED) is 0.168. The van der Waals surface area contributed by atoms with Crippen molar-refractivity contribution in [1.82, 2.24) is 20.9 Å². The fourth-order valence-corrected chi connectivity index (χ4v) is 4.36. The summed E-state index contributed by atoms with van der Waals surface area (Å²) in [5, 5.41) is 27.8. The molecular weight excluding hydrogens is 514 g/mol. The molecule has 0 aliphatic rings. The second kappa shape index (κ2) is 13.6. The summed E-state index contributed by atoms with van der Waals surface area (Å²) in [5.74, 6) is -2.98. The molecule has 4 atom stereocenters. The number of carbonyl (C=O) groups excluding carboxylic acids is 3. The maximum atomic E-state index is 13.1. The third kappa shape index (κ3) is 8.31. The Kier molecular flexibility index (Phi) is 10.3. The molecular formula is C29H37N5O6. The normalized spacial score (nSPS) is 14.2. The van der Waals surface area contributed by atoms with Crippen molar-refractivity contribution in [1.29, 1.82) is 0 Å². The van der Waals surface area contributed by atoms with Gasteiger partial charge < -0.3 is 36.9 Å². The Balaban J connectivity index is 1.67. The fraction of sp³-hybridized carbons (Fsp3) is 0.379. The topological polar surface area (TPSA) is 187 Å². The van der Waals surface area contributed by atoms with Gasteiger partial charge in [-0.3, -0.25) is 14.4 Å². The molecule has 0 aliphatic heterocycles. The van der Waals surface area contributed by atoms with E-state index in [-0.39, 0.29) is 30.9 Å². The third-order valence-corrected chi connectivity index (χ3v) is 6.53. The molecule has 0 saturated carbocycles. The summed E-state index contributed by atoms with van der Waals surface area (Å²) in [6.45, 7) is 5.15. The summed E-state index contributed by atoms with van der Waals surface area (Å²) >= 11 is 0. The molecule has 11 heteroatoms. The van der Waals surface area contributed by atoms with Gasteiger partial charge in [-0.05, 0) is 55.0 Å². The SMILES string of the molecule is CC(C)CC(NC(=O)C(Cc1ccc(O)cc1)NC(=O)C(C)NC(=O)C(N)Cc1c[nH]c2ccccc12)C(=O)O. The van der Waals surface area contributed by atoms with Crippen LogP contribution in [-0.4, -0.2) is 63.1 Å². The lowest BCUT2D eigenvalue weighted by molar-refractivity contribution is -0.142. The highest BCUT2D eigenvalue weighted by atomic mass is 16.4. The van der Waals surface area contributed by atoms with Gasteiger partial charge in [-0.1, -0.05) is 44.2 Å². The summed E-state index contributed by atoms with van der Waals surface area (Å²) < 4.78 is 0. The van der Waals surface area contributed by atoms with Crippen LogP contribution in [0.3, 0.4) is 0 Å². The average molecular weight is 552 g/mol. The van der Waals surface area contributed by atoms with Crippen molar-refractivity contribution in [3.63, 3.8) is 0 Å². The molecule has 3 aromatic rings. The summed E-state index contributed by atoms with van der Waals surface area (Å²) in [6, 6.07) is 9.52. The van der Waals surface area contributed by atoms with Crippen molar-refractivity contribution in [2.24, 2.45) is 11.7 Å². The van der Waals surface area contributed by atoms with E-state index in [9.17, 15) is 29.4 Å². The summed E-state index contributed by atoms with van der Waals surface area (Å²) in [6.07, 6.45) is 2.29. The second-order valence-corrected chi connectivity index (χ2v) is 10.4. The Morgan fingerprint density at radius 2 is 1.50 bits per heavy atom. The number of nitrogens with two attached hydrogens (primary N) is 1. The Morgan fingerprint density at radius 3 is 2.15 bits per heavy atom. The monoisotopic (exact) mass is 551 g/mol. The van der Waals surface area contributed by atoms with Crippen molar-refractivity contribution in [3.8, 4) is 5.75 Å². The molecule has 1 aromatic heterocycles. The van der Waals surface area contributed by atoms with Gasteiger partial charge in [0, 0.05) is 23.5 Å². The number of phenols is 1. The van der Waals surface area contributed by atoms with E-state index in [0.717, 1.165) is 16.5 Å². The number of fused-ring (bicyclic) bond motifs is 1. The number of aromatic hydroxyl groups is 1. The number of para-hydroxylation sites is 1. The van der Waals surface area contributed by atoms with Gasteiger partial charge in [-0.25, -0.2) is 4.79 Å². The Labute approximate surface area is 232 Å². The van der Waals surface area contributed by atoms with Gasteiger partial charge in [0.2, 0.25) is 17.7 Å². The highest BCUT2D eigenvalue weighted by Crippen LogP contribution is 2.19. The molecule has 11 nitrogen and oxygen atoms in total. The van der Waals surface area contributed by atoms with Gasteiger partial charge in [-0.2, -0.15) is 0 Å². The van der Waals surface area contributed by atoms with Crippen molar-refractivity contribution in [3.05, 3.63) is 65.9 Å². The third-order valence-electron chi connectivity index (χ3n) is 6.53. The number of benzene rings is 2. The first-order valence-electron chi connectivity index (χ1n) is 13.2. The minimum Gasteiger partial charge on any atom is -0.508 e. The van der Waals surface area contributed by atoms with E-state index in [2.05, 4.69) is 20.9 Å². The lowest BCUT2D eigenvalue weighted by Gasteiger charge is -2.24. The zero-order chi connectivity index (χ0) is 29.4. The number of hydrogen-bond acceptors (Lipinski definition) is 6. The van der Waals surface area contributed by atoms with Crippen molar-refractivity contribution in [2.45, 2.75) is 64.2 Å². The molecule has 2 aromatic carbocycles. The van der Waals surface area contributed by atoms with Crippen LogP contribution < -0.4 is 21.7 Å². The number of carbonyl (C=O) groups is 4. The van der Waals surface area contributed by atoms with Crippen LogP contribution in [0, 0.1) is 5.92 Å². The van der Waals surface area contributed by atoms with Crippen molar-refractivity contribution < 1.29 is 29.4 Å². The van der Waals surface area contributed by atoms with Crippen LogP contribution in [0.4, 0.5) is 0 Å². The Hall–Kier alpha value is -4.38. The highest BCUT2D eigenvalue weighted by Gasteiger charge is 2.29. The van der Waals surface area contributed by atoms with Gasteiger partial charge in [0.15, 0.2) is 0 Å². The molecule has 0 spiro atoms. The van der Waals surface area contributed by atoms with Gasteiger partial charge in [-0.15, -0.1) is 0 Å². The number of aromatic nitrogens is 1. The molecule has 0 saturated heterocycles. The van der Waals surface area contributed by atoms with Gasteiger partial charge in [0.05, 0.1) is 6.04 Å². The Bertz CT molecular complexity index is 1340.